The van der Waals surface area contributed by atoms with Gasteiger partial charge in [-0.1, -0.05) is 15.9 Å². The van der Waals surface area contributed by atoms with Gasteiger partial charge < -0.3 is 15.4 Å². The van der Waals surface area contributed by atoms with E-state index < -0.39 is 0 Å². The first-order valence-electron chi connectivity index (χ1n) is 7.13. The third-order valence-corrected chi connectivity index (χ3v) is 4.42. The van der Waals surface area contributed by atoms with E-state index in [0.29, 0.717) is 0 Å². The van der Waals surface area contributed by atoms with Crippen LogP contribution in [0, 0.1) is 0 Å². The van der Waals surface area contributed by atoms with Crippen LogP contribution in [0.15, 0.2) is 40.9 Å². The highest BCUT2D eigenvalue weighted by atomic mass is 79.9. The summed E-state index contributed by atoms with van der Waals surface area (Å²) in [5, 5.41) is 0. The third kappa shape index (κ3) is 3.00. The Morgan fingerprint density at radius 2 is 2.10 bits per heavy atom. The van der Waals surface area contributed by atoms with E-state index in [4.69, 9.17) is 10.5 Å². The van der Waals surface area contributed by atoms with Crippen molar-refractivity contribution < 1.29 is 4.74 Å². The number of anilines is 2. The van der Waals surface area contributed by atoms with Crippen molar-refractivity contribution in [2.24, 2.45) is 0 Å². The van der Waals surface area contributed by atoms with Gasteiger partial charge in [0.15, 0.2) is 0 Å². The van der Waals surface area contributed by atoms with Crippen LogP contribution in [0.1, 0.15) is 17.5 Å². The molecule has 1 aliphatic heterocycles. The van der Waals surface area contributed by atoms with Crippen molar-refractivity contribution in [3.05, 3.63) is 52.0 Å². The van der Waals surface area contributed by atoms with Crippen LogP contribution in [-0.2, 0) is 13.0 Å². The molecule has 2 aromatic rings. The van der Waals surface area contributed by atoms with E-state index in [9.17, 15) is 0 Å². The maximum atomic E-state index is 5.90. The lowest BCUT2D eigenvalue weighted by molar-refractivity contribution is 0.409. The summed E-state index contributed by atoms with van der Waals surface area (Å²) in [6.45, 7) is 1.91. The second-order valence-corrected chi connectivity index (χ2v) is 6.29. The number of fused-ring (bicyclic) bond motifs is 1. The van der Waals surface area contributed by atoms with Gasteiger partial charge in [-0.25, -0.2) is 0 Å². The molecule has 2 N–H and O–H groups in total. The summed E-state index contributed by atoms with van der Waals surface area (Å²) in [5.74, 6) is 0.931. The van der Waals surface area contributed by atoms with Crippen molar-refractivity contribution in [2.45, 2.75) is 19.4 Å². The normalized spacial score (nSPS) is 13.9. The molecule has 0 spiro atoms. The zero-order valence-electron chi connectivity index (χ0n) is 12.1. The third-order valence-electron chi connectivity index (χ3n) is 3.92. The Bertz CT molecular complexity index is 657. The highest BCUT2D eigenvalue weighted by molar-refractivity contribution is 9.10. The van der Waals surface area contributed by atoms with Crippen LogP contribution in [-0.4, -0.2) is 13.7 Å². The number of nitrogens with two attached hydrogens (primary N) is 1. The molecule has 4 heteroatoms. The molecule has 0 aromatic heterocycles. The topological polar surface area (TPSA) is 38.5 Å². The van der Waals surface area contributed by atoms with Crippen molar-refractivity contribution in [3.8, 4) is 5.75 Å². The number of methoxy groups -OCH3 is 1. The van der Waals surface area contributed by atoms with Gasteiger partial charge in [0.25, 0.3) is 0 Å². The maximum absolute atomic E-state index is 5.90. The Labute approximate surface area is 133 Å². The zero-order chi connectivity index (χ0) is 14.8. The van der Waals surface area contributed by atoms with Crippen LogP contribution in [0.25, 0.3) is 0 Å². The van der Waals surface area contributed by atoms with Gasteiger partial charge in [0.2, 0.25) is 0 Å². The highest BCUT2D eigenvalue weighted by Gasteiger charge is 2.18. The van der Waals surface area contributed by atoms with E-state index in [1.165, 1.54) is 16.8 Å². The minimum absolute atomic E-state index is 0.843. The molecule has 0 aliphatic carbocycles. The number of hydrogen-bond acceptors (Lipinski definition) is 3. The van der Waals surface area contributed by atoms with Crippen LogP contribution < -0.4 is 15.4 Å². The van der Waals surface area contributed by atoms with Crippen LogP contribution in [0.4, 0.5) is 11.4 Å². The van der Waals surface area contributed by atoms with Crippen LogP contribution in [0.5, 0.6) is 5.75 Å². The molecular formula is C17H19BrN2O. The molecule has 0 fully saturated rings. The lowest BCUT2D eigenvalue weighted by atomic mass is 10.00. The smallest absolute Gasteiger partial charge is 0.123 e. The van der Waals surface area contributed by atoms with E-state index in [1.807, 2.05) is 18.2 Å². The molecule has 0 radical (unpaired) electrons. The van der Waals surface area contributed by atoms with Crippen molar-refractivity contribution in [2.75, 3.05) is 24.3 Å². The molecule has 0 atom stereocenters. The molecule has 3 rings (SSSR count). The molecule has 0 unspecified atom stereocenters. The highest BCUT2D eigenvalue weighted by Crippen LogP contribution is 2.32. The SMILES string of the molecule is COc1ccc(Br)cc1CN1CCCc2cc(N)ccc21. The van der Waals surface area contributed by atoms with Crippen molar-refractivity contribution in [1.29, 1.82) is 0 Å². The van der Waals surface area contributed by atoms with Gasteiger partial charge in [0, 0.05) is 34.5 Å². The second kappa shape index (κ2) is 5.98. The first kappa shape index (κ1) is 14.3. The van der Waals surface area contributed by atoms with Gasteiger partial charge in [0.1, 0.15) is 5.75 Å². The Hall–Kier alpha value is -1.68. The number of aryl methyl sites for hydroxylation is 1. The Balaban J connectivity index is 1.92. The number of nitrogens with zero attached hydrogens (tertiary/aromatic N) is 1. The van der Waals surface area contributed by atoms with E-state index in [-0.39, 0.29) is 0 Å². The molecule has 0 saturated carbocycles. The van der Waals surface area contributed by atoms with Crippen molar-refractivity contribution in [1.82, 2.24) is 0 Å². The maximum Gasteiger partial charge on any atom is 0.123 e. The van der Waals surface area contributed by atoms with Crippen LogP contribution in [0.3, 0.4) is 0 Å². The molecule has 1 heterocycles. The lowest BCUT2D eigenvalue weighted by Gasteiger charge is -2.32. The summed E-state index contributed by atoms with van der Waals surface area (Å²) >= 11 is 3.54. The number of halogens is 1. The van der Waals surface area contributed by atoms with Gasteiger partial charge in [-0.15, -0.1) is 0 Å². The predicted molar refractivity (Wildman–Crippen MR) is 90.9 cm³/mol. The summed E-state index contributed by atoms with van der Waals surface area (Å²) in [5.41, 5.74) is 10.6. The first-order valence-corrected chi connectivity index (χ1v) is 7.92. The van der Waals surface area contributed by atoms with Crippen LogP contribution in [0.2, 0.25) is 0 Å². The van der Waals surface area contributed by atoms with Gasteiger partial charge >= 0.3 is 0 Å². The van der Waals surface area contributed by atoms with Gasteiger partial charge in [0.05, 0.1) is 7.11 Å². The number of benzene rings is 2. The molecule has 0 amide bonds. The van der Waals surface area contributed by atoms with Gasteiger partial charge in [-0.2, -0.15) is 0 Å². The molecule has 2 aromatic carbocycles. The number of ether oxygens (including phenoxy) is 1. The predicted octanol–water partition coefficient (Wildman–Crippen LogP) is 3.99. The molecule has 1 aliphatic rings. The Kier molecular flexibility index (Phi) is 4.06. The summed E-state index contributed by atoms with van der Waals surface area (Å²) < 4.78 is 6.56. The quantitative estimate of drug-likeness (QED) is 0.854. The lowest BCUT2D eigenvalue weighted by Crippen LogP contribution is -2.29. The summed E-state index contributed by atoms with van der Waals surface area (Å²) in [6, 6.07) is 12.4. The monoisotopic (exact) mass is 346 g/mol. The standard InChI is InChI=1S/C17H19BrN2O/c1-21-17-7-4-14(18)9-13(17)11-20-8-2-3-12-10-15(19)5-6-16(12)20/h4-7,9-10H,2-3,8,11,19H2,1H3. The van der Waals surface area contributed by atoms with Gasteiger partial charge in [-0.05, 0) is 54.8 Å². The van der Waals surface area contributed by atoms with E-state index in [1.54, 1.807) is 7.11 Å². The number of rotatable bonds is 3. The van der Waals surface area contributed by atoms with Crippen molar-refractivity contribution >= 4 is 27.3 Å². The summed E-state index contributed by atoms with van der Waals surface area (Å²) in [4.78, 5) is 2.41. The van der Waals surface area contributed by atoms with E-state index in [2.05, 4.69) is 39.0 Å². The minimum atomic E-state index is 0.843. The number of nitrogen functional groups attached to an aromatic ring is 1. The zero-order valence-corrected chi connectivity index (χ0v) is 13.7. The molecule has 110 valence electrons. The molecular weight excluding hydrogens is 328 g/mol. The number of hydrogen-bond donors (Lipinski definition) is 1. The fourth-order valence-electron chi connectivity index (χ4n) is 2.94. The molecule has 0 bridgehead atoms. The van der Waals surface area contributed by atoms with Gasteiger partial charge in [-0.3, -0.25) is 0 Å². The van der Waals surface area contributed by atoms with E-state index >= 15 is 0 Å². The fraction of sp³-hybridized carbons (Fsp3) is 0.294. The minimum Gasteiger partial charge on any atom is -0.496 e. The van der Waals surface area contributed by atoms with E-state index in [0.717, 1.165) is 41.8 Å². The molecule has 3 nitrogen and oxygen atoms in total. The fourth-order valence-corrected chi connectivity index (χ4v) is 3.34. The average Bonchev–Trinajstić information content (AvgIpc) is 2.47. The van der Waals surface area contributed by atoms with Crippen LogP contribution >= 0.6 is 15.9 Å². The largest absolute Gasteiger partial charge is 0.496 e. The summed E-state index contributed by atoms with van der Waals surface area (Å²) in [6.07, 6.45) is 2.26. The first-order chi connectivity index (χ1) is 10.2. The Morgan fingerprint density at radius 3 is 2.90 bits per heavy atom. The second-order valence-electron chi connectivity index (χ2n) is 5.37. The summed E-state index contributed by atoms with van der Waals surface area (Å²) in [7, 11) is 1.72. The van der Waals surface area contributed by atoms with Crippen molar-refractivity contribution in [3.63, 3.8) is 0 Å². The molecule has 21 heavy (non-hydrogen) atoms. The Morgan fingerprint density at radius 1 is 1.24 bits per heavy atom. The average molecular weight is 347 g/mol. The molecule has 0 saturated heterocycles.